The van der Waals surface area contributed by atoms with E-state index in [-0.39, 0.29) is 23.5 Å². The molecule has 1 aliphatic heterocycles. The Morgan fingerprint density at radius 3 is 2.68 bits per heavy atom. The smallest absolute Gasteiger partial charge is 0.251 e. The summed E-state index contributed by atoms with van der Waals surface area (Å²) in [4.78, 5) is 12.4. The number of nitrogens with one attached hydrogen (secondary N) is 2. The number of carbonyl (C=O) groups excluding carboxylic acids is 1. The summed E-state index contributed by atoms with van der Waals surface area (Å²) in [5, 5.41) is 3.48. The minimum absolute atomic E-state index is 0.0656. The molecule has 2 aromatic rings. The topological polar surface area (TPSA) is 84.5 Å². The van der Waals surface area contributed by atoms with Gasteiger partial charge < -0.3 is 10.1 Å². The van der Waals surface area contributed by atoms with Gasteiger partial charge in [-0.1, -0.05) is 29.8 Å². The van der Waals surface area contributed by atoms with Gasteiger partial charge in [-0.2, -0.15) is 0 Å². The lowest BCUT2D eigenvalue weighted by molar-refractivity contribution is 0.0954. The molecule has 1 heterocycles. The number of ether oxygens (including phenoxy) is 1. The second-order valence-corrected chi connectivity index (χ2v) is 8.85. The molecule has 8 heteroatoms. The summed E-state index contributed by atoms with van der Waals surface area (Å²) in [7, 11) is -3.69. The molecule has 1 atom stereocenters. The Bertz CT molecular complexity index is 910. The highest BCUT2D eigenvalue weighted by atomic mass is 35.5. The van der Waals surface area contributed by atoms with E-state index in [0.717, 1.165) is 18.4 Å². The van der Waals surface area contributed by atoms with Crippen molar-refractivity contribution in [3.05, 3.63) is 64.7 Å². The van der Waals surface area contributed by atoms with Gasteiger partial charge in [0, 0.05) is 30.3 Å². The highest BCUT2D eigenvalue weighted by Gasteiger charge is 2.21. The van der Waals surface area contributed by atoms with Gasteiger partial charge in [0.2, 0.25) is 10.0 Å². The number of sulfonamides is 1. The number of halogens is 1. The zero-order chi connectivity index (χ0) is 20.0. The van der Waals surface area contributed by atoms with Crippen molar-refractivity contribution >= 4 is 27.5 Å². The Morgan fingerprint density at radius 1 is 1.18 bits per heavy atom. The number of benzene rings is 2. The third kappa shape index (κ3) is 5.78. The van der Waals surface area contributed by atoms with Crippen molar-refractivity contribution in [2.45, 2.75) is 30.3 Å². The van der Waals surface area contributed by atoms with Crippen molar-refractivity contribution in [3.63, 3.8) is 0 Å². The first-order valence-corrected chi connectivity index (χ1v) is 11.0. The summed E-state index contributed by atoms with van der Waals surface area (Å²) in [5.41, 5.74) is 1.36. The van der Waals surface area contributed by atoms with E-state index in [1.165, 1.54) is 12.1 Å². The first-order chi connectivity index (χ1) is 13.4. The van der Waals surface area contributed by atoms with Crippen molar-refractivity contribution in [1.82, 2.24) is 10.0 Å². The summed E-state index contributed by atoms with van der Waals surface area (Å²) in [6.07, 6.45) is 2.36. The molecule has 0 aromatic heterocycles. The number of amides is 1. The standard InChI is InChI=1S/C20H23ClN2O4S/c21-17-8-6-15(7-9-17)10-11-22-20(24)16-3-1-5-19(13-16)28(25,26)23-14-18-4-2-12-27-18/h1,3,5-9,13,18,23H,2,4,10-12,14H2,(H,22,24). The lowest BCUT2D eigenvalue weighted by Gasteiger charge is -2.12. The lowest BCUT2D eigenvalue weighted by atomic mass is 10.1. The van der Waals surface area contributed by atoms with Gasteiger partial charge in [-0.3, -0.25) is 4.79 Å². The summed E-state index contributed by atoms with van der Waals surface area (Å²) >= 11 is 5.86. The average Bonchev–Trinajstić information content (AvgIpc) is 3.22. The molecule has 28 heavy (non-hydrogen) atoms. The minimum atomic E-state index is -3.69. The van der Waals surface area contributed by atoms with E-state index in [0.29, 0.717) is 30.2 Å². The highest BCUT2D eigenvalue weighted by molar-refractivity contribution is 7.89. The largest absolute Gasteiger partial charge is 0.377 e. The zero-order valence-corrected chi connectivity index (χ0v) is 16.9. The van der Waals surface area contributed by atoms with Crippen LogP contribution in [-0.2, 0) is 21.2 Å². The third-order valence-electron chi connectivity index (χ3n) is 4.54. The van der Waals surface area contributed by atoms with Gasteiger partial charge in [0.15, 0.2) is 0 Å². The van der Waals surface area contributed by atoms with Crippen molar-refractivity contribution in [3.8, 4) is 0 Å². The number of hydrogen-bond acceptors (Lipinski definition) is 4. The Morgan fingerprint density at radius 2 is 1.96 bits per heavy atom. The predicted molar refractivity (Wildman–Crippen MR) is 108 cm³/mol. The summed E-state index contributed by atoms with van der Waals surface area (Å²) < 4.78 is 33.0. The Balaban J connectivity index is 1.56. The monoisotopic (exact) mass is 422 g/mol. The highest BCUT2D eigenvalue weighted by Crippen LogP contribution is 2.15. The molecule has 2 N–H and O–H groups in total. The molecule has 0 radical (unpaired) electrons. The Kier molecular flexibility index (Phi) is 7.07. The molecule has 1 unspecified atom stereocenters. The third-order valence-corrected chi connectivity index (χ3v) is 6.22. The fraction of sp³-hybridized carbons (Fsp3) is 0.350. The zero-order valence-electron chi connectivity index (χ0n) is 15.4. The SMILES string of the molecule is O=C(NCCc1ccc(Cl)cc1)c1cccc(S(=O)(=O)NCC2CCCO2)c1. The van der Waals surface area contributed by atoms with Crippen LogP contribution in [0, 0.1) is 0 Å². The van der Waals surface area contributed by atoms with Crippen LogP contribution >= 0.6 is 11.6 Å². The maximum Gasteiger partial charge on any atom is 0.251 e. The van der Waals surface area contributed by atoms with Crippen LogP contribution in [0.25, 0.3) is 0 Å². The van der Waals surface area contributed by atoms with Crippen molar-refractivity contribution in [2.75, 3.05) is 19.7 Å². The molecule has 1 fully saturated rings. The minimum Gasteiger partial charge on any atom is -0.377 e. The number of rotatable bonds is 8. The molecule has 1 saturated heterocycles. The van der Waals surface area contributed by atoms with E-state index in [2.05, 4.69) is 10.0 Å². The predicted octanol–water partition coefficient (Wildman–Crippen LogP) is 2.77. The van der Waals surface area contributed by atoms with Crippen molar-refractivity contribution < 1.29 is 17.9 Å². The molecule has 1 aliphatic rings. The number of hydrogen-bond donors (Lipinski definition) is 2. The van der Waals surface area contributed by atoms with Gasteiger partial charge in [-0.05, 0) is 55.2 Å². The molecule has 6 nitrogen and oxygen atoms in total. The van der Waals surface area contributed by atoms with E-state index < -0.39 is 10.0 Å². The molecular formula is C20H23ClN2O4S. The maximum absolute atomic E-state index is 12.5. The molecular weight excluding hydrogens is 400 g/mol. The maximum atomic E-state index is 12.5. The molecule has 0 saturated carbocycles. The molecule has 0 aliphatic carbocycles. The Hall–Kier alpha value is -1.93. The molecule has 0 bridgehead atoms. The summed E-state index contributed by atoms with van der Waals surface area (Å²) in [6.45, 7) is 1.34. The van der Waals surface area contributed by atoms with Crippen LogP contribution < -0.4 is 10.0 Å². The fourth-order valence-electron chi connectivity index (χ4n) is 2.97. The first-order valence-electron chi connectivity index (χ1n) is 9.18. The molecule has 1 amide bonds. The fourth-order valence-corrected chi connectivity index (χ4v) is 4.21. The van der Waals surface area contributed by atoms with Gasteiger partial charge in [-0.25, -0.2) is 13.1 Å². The van der Waals surface area contributed by atoms with Gasteiger partial charge in [0.05, 0.1) is 11.0 Å². The van der Waals surface area contributed by atoms with Crippen LogP contribution in [0.3, 0.4) is 0 Å². The first kappa shape index (κ1) is 20.8. The molecule has 3 rings (SSSR count). The lowest BCUT2D eigenvalue weighted by Crippen LogP contribution is -2.32. The van der Waals surface area contributed by atoms with Crippen LogP contribution in [-0.4, -0.2) is 40.1 Å². The van der Waals surface area contributed by atoms with Crippen LogP contribution in [0.4, 0.5) is 0 Å². The van der Waals surface area contributed by atoms with Crippen LogP contribution in [0.2, 0.25) is 5.02 Å². The second kappa shape index (κ2) is 9.52. The van der Waals surface area contributed by atoms with E-state index in [9.17, 15) is 13.2 Å². The van der Waals surface area contributed by atoms with Crippen LogP contribution in [0.15, 0.2) is 53.4 Å². The van der Waals surface area contributed by atoms with E-state index in [1.807, 2.05) is 12.1 Å². The normalized spacial score (nSPS) is 16.8. The van der Waals surface area contributed by atoms with E-state index >= 15 is 0 Å². The van der Waals surface area contributed by atoms with Crippen LogP contribution in [0.1, 0.15) is 28.8 Å². The van der Waals surface area contributed by atoms with E-state index in [1.54, 1.807) is 24.3 Å². The quantitative estimate of drug-likeness (QED) is 0.685. The van der Waals surface area contributed by atoms with Gasteiger partial charge in [0.25, 0.3) is 5.91 Å². The van der Waals surface area contributed by atoms with E-state index in [4.69, 9.17) is 16.3 Å². The molecule has 2 aromatic carbocycles. The summed E-state index contributed by atoms with van der Waals surface area (Å²) in [5.74, 6) is -0.315. The van der Waals surface area contributed by atoms with Crippen molar-refractivity contribution in [2.24, 2.45) is 0 Å². The van der Waals surface area contributed by atoms with Gasteiger partial charge in [0.1, 0.15) is 0 Å². The average molecular weight is 423 g/mol. The molecule has 150 valence electrons. The summed E-state index contributed by atoms with van der Waals surface area (Å²) in [6, 6.07) is 13.4. The Labute approximate surface area is 170 Å². The second-order valence-electron chi connectivity index (χ2n) is 6.65. The van der Waals surface area contributed by atoms with Crippen molar-refractivity contribution in [1.29, 1.82) is 0 Å². The molecule has 0 spiro atoms. The van der Waals surface area contributed by atoms with Gasteiger partial charge in [-0.15, -0.1) is 0 Å². The number of carbonyl (C=O) groups is 1. The van der Waals surface area contributed by atoms with Crippen LogP contribution in [0.5, 0.6) is 0 Å². The van der Waals surface area contributed by atoms with Gasteiger partial charge >= 0.3 is 0 Å².